The standard InChI is InChI=1S/C32H39FO3/c1-3-5-7-8-9-11-21-36-27-17-14-25(15-18-27)28-20-16-26(32(34)35)23-30(28)29-19-13-24(22-31(29)33)12-10-6-4-2/h13-20,22-23H,3-12,21H2,1-2H3,(H,34,35). The third-order valence-corrected chi connectivity index (χ3v) is 6.59. The van der Waals surface area contributed by atoms with Gasteiger partial charge in [-0.1, -0.05) is 89.1 Å². The van der Waals surface area contributed by atoms with E-state index in [2.05, 4.69) is 13.8 Å². The second-order valence-electron chi connectivity index (χ2n) is 9.48. The van der Waals surface area contributed by atoms with Crippen LogP contribution in [0.2, 0.25) is 0 Å². The number of rotatable bonds is 15. The Labute approximate surface area is 215 Å². The highest BCUT2D eigenvalue weighted by atomic mass is 19.1. The lowest BCUT2D eigenvalue weighted by molar-refractivity contribution is 0.0697. The summed E-state index contributed by atoms with van der Waals surface area (Å²) >= 11 is 0. The van der Waals surface area contributed by atoms with Gasteiger partial charge in [-0.3, -0.25) is 0 Å². The molecule has 192 valence electrons. The van der Waals surface area contributed by atoms with Crippen LogP contribution < -0.4 is 4.74 Å². The molecule has 3 aromatic rings. The van der Waals surface area contributed by atoms with Crippen molar-refractivity contribution in [2.75, 3.05) is 6.61 Å². The molecule has 36 heavy (non-hydrogen) atoms. The highest BCUT2D eigenvalue weighted by Crippen LogP contribution is 2.35. The van der Waals surface area contributed by atoms with Crippen molar-refractivity contribution in [3.63, 3.8) is 0 Å². The first-order valence-corrected chi connectivity index (χ1v) is 13.4. The number of ether oxygens (including phenoxy) is 1. The molecule has 0 fully saturated rings. The molecule has 3 rings (SSSR count). The molecule has 0 bridgehead atoms. The van der Waals surface area contributed by atoms with Gasteiger partial charge in [0.25, 0.3) is 0 Å². The first-order chi connectivity index (χ1) is 17.5. The maximum absolute atomic E-state index is 15.2. The van der Waals surface area contributed by atoms with E-state index in [4.69, 9.17) is 4.74 Å². The van der Waals surface area contributed by atoms with Crippen molar-refractivity contribution in [3.8, 4) is 28.0 Å². The van der Waals surface area contributed by atoms with Gasteiger partial charge in [-0.15, -0.1) is 0 Å². The number of benzene rings is 3. The molecular formula is C32H39FO3. The summed E-state index contributed by atoms with van der Waals surface area (Å²) in [5, 5.41) is 9.54. The van der Waals surface area contributed by atoms with Crippen LogP contribution in [-0.2, 0) is 6.42 Å². The van der Waals surface area contributed by atoms with Crippen molar-refractivity contribution in [2.24, 2.45) is 0 Å². The van der Waals surface area contributed by atoms with Gasteiger partial charge >= 0.3 is 5.97 Å². The third-order valence-electron chi connectivity index (χ3n) is 6.59. The minimum absolute atomic E-state index is 0.138. The fourth-order valence-electron chi connectivity index (χ4n) is 4.47. The second kappa shape index (κ2) is 14.4. The molecule has 3 nitrogen and oxygen atoms in total. The first-order valence-electron chi connectivity index (χ1n) is 13.4. The van der Waals surface area contributed by atoms with Gasteiger partial charge in [0.2, 0.25) is 0 Å². The minimum atomic E-state index is -1.03. The molecule has 0 aromatic heterocycles. The van der Waals surface area contributed by atoms with Gasteiger partial charge in [0.05, 0.1) is 12.2 Å². The highest BCUT2D eigenvalue weighted by Gasteiger charge is 2.15. The molecule has 0 spiro atoms. The molecule has 0 aliphatic carbocycles. The smallest absolute Gasteiger partial charge is 0.335 e. The van der Waals surface area contributed by atoms with Gasteiger partial charge in [-0.2, -0.15) is 0 Å². The zero-order chi connectivity index (χ0) is 25.8. The Balaban J connectivity index is 1.78. The van der Waals surface area contributed by atoms with E-state index in [9.17, 15) is 9.90 Å². The van der Waals surface area contributed by atoms with E-state index in [1.54, 1.807) is 30.3 Å². The lowest BCUT2D eigenvalue weighted by atomic mass is 9.91. The van der Waals surface area contributed by atoms with Crippen LogP contribution in [0.5, 0.6) is 5.75 Å². The number of halogens is 1. The molecule has 0 unspecified atom stereocenters. The normalized spacial score (nSPS) is 11.0. The van der Waals surface area contributed by atoms with Crippen LogP contribution in [0, 0.1) is 5.82 Å². The van der Waals surface area contributed by atoms with Crippen LogP contribution in [0.4, 0.5) is 4.39 Å². The highest BCUT2D eigenvalue weighted by molar-refractivity contribution is 5.93. The fourth-order valence-corrected chi connectivity index (χ4v) is 4.47. The Bertz CT molecular complexity index is 1100. The summed E-state index contributed by atoms with van der Waals surface area (Å²) in [5.41, 5.74) is 3.77. The van der Waals surface area contributed by atoms with Crippen LogP contribution >= 0.6 is 0 Å². The Morgan fingerprint density at radius 1 is 0.750 bits per heavy atom. The SMILES string of the molecule is CCCCCCCCOc1ccc(-c2ccc(C(=O)O)cc2-c2ccc(CCCCC)cc2F)cc1. The van der Waals surface area contributed by atoms with Crippen molar-refractivity contribution in [1.29, 1.82) is 0 Å². The van der Waals surface area contributed by atoms with Crippen LogP contribution in [0.15, 0.2) is 60.7 Å². The number of unbranched alkanes of at least 4 members (excludes halogenated alkanes) is 7. The summed E-state index contributed by atoms with van der Waals surface area (Å²) in [6.45, 7) is 5.06. The molecule has 0 amide bonds. The van der Waals surface area contributed by atoms with Crippen LogP contribution in [-0.4, -0.2) is 17.7 Å². The van der Waals surface area contributed by atoms with Gasteiger partial charge in [0.1, 0.15) is 11.6 Å². The molecule has 0 saturated heterocycles. The summed E-state index contributed by atoms with van der Waals surface area (Å²) in [6, 6.07) is 18.0. The summed E-state index contributed by atoms with van der Waals surface area (Å²) in [7, 11) is 0. The van der Waals surface area contributed by atoms with Crippen molar-refractivity contribution < 1.29 is 19.0 Å². The van der Waals surface area contributed by atoms with Gasteiger partial charge in [0.15, 0.2) is 0 Å². The van der Waals surface area contributed by atoms with E-state index in [0.29, 0.717) is 17.7 Å². The lowest BCUT2D eigenvalue weighted by Gasteiger charge is -2.14. The van der Waals surface area contributed by atoms with Gasteiger partial charge in [-0.05, 0) is 71.8 Å². The number of hydrogen-bond acceptors (Lipinski definition) is 2. The lowest BCUT2D eigenvalue weighted by Crippen LogP contribution is -1.99. The average molecular weight is 491 g/mol. The van der Waals surface area contributed by atoms with Gasteiger partial charge in [0, 0.05) is 5.56 Å². The number of carbonyl (C=O) groups is 1. The molecule has 0 aliphatic rings. The molecule has 4 heteroatoms. The Kier molecular flexibility index (Phi) is 11.0. The molecule has 0 atom stereocenters. The predicted molar refractivity (Wildman–Crippen MR) is 146 cm³/mol. The summed E-state index contributed by atoms with van der Waals surface area (Å²) in [4.78, 5) is 11.7. The van der Waals surface area contributed by atoms with E-state index in [1.807, 2.05) is 30.3 Å². The van der Waals surface area contributed by atoms with E-state index in [1.165, 1.54) is 32.1 Å². The minimum Gasteiger partial charge on any atom is -0.494 e. The molecule has 0 heterocycles. The number of aryl methyl sites for hydroxylation is 1. The summed E-state index contributed by atoms with van der Waals surface area (Å²) in [5.74, 6) is -0.553. The van der Waals surface area contributed by atoms with E-state index >= 15 is 4.39 Å². The number of aromatic carboxylic acids is 1. The van der Waals surface area contributed by atoms with E-state index in [0.717, 1.165) is 54.5 Å². The van der Waals surface area contributed by atoms with Crippen LogP contribution in [0.1, 0.15) is 87.6 Å². The second-order valence-corrected chi connectivity index (χ2v) is 9.48. The first kappa shape index (κ1) is 27.4. The van der Waals surface area contributed by atoms with Crippen molar-refractivity contribution in [1.82, 2.24) is 0 Å². The van der Waals surface area contributed by atoms with Crippen LogP contribution in [0.25, 0.3) is 22.3 Å². The van der Waals surface area contributed by atoms with Gasteiger partial charge in [-0.25, -0.2) is 9.18 Å². The number of carboxylic acids is 1. The molecular weight excluding hydrogens is 451 g/mol. The Hall–Kier alpha value is -3.14. The van der Waals surface area contributed by atoms with E-state index < -0.39 is 5.97 Å². The molecule has 0 saturated carbocycles. The monoisotopic (exact) mass is 490 g/mol. The Morgan fingerprint density at radius 2 is 1.42 bits per heavy atom. The molecule has 3 aromatic carbocycles. The number of carboxylic acid groups (broad SMARTS) is 1. The van der Waals surface area contributed by atoms with Crippen molar-refractivity contribution >= 4 is 5.97 Å². The van der Waals surface area contributed by atoms with Crippen molar-refractivity contribution in [3.05, 3.63) is 77.6 Å². The van der Waals surface area contributed by atoms with Crippen LogP contribution in [0.3, 0.4) is 0 Å². The molecule has 0 radical (unpaired) electrons. The summed E-state index contributed by atoms with van der Waals surface area (Å²) in [6.07, 6.45) is 11.4. The fraction of sp³-hybridized carbons (Fsp3) is 0.406. The maximum atomic E-state index is 15.2. The molecule has 0 aliphatic heterocycles. The maximum Gasteiger partial charge on any atom is 0.335 e. The average Bonchev–Trinajstić information content (AvgIpc) is 2.88. The third kappa shape index (κ3) is 7.94. The zero-order valence-electron chi connectivity index (χ0n) is 21.7. The topological polar surface area (TPSA) is 46.5 Å². The largest absolute Gasteiger partial charge is 0.494 e. The van der Waals surface area contributed by atoms with Crippen molar-refractivity contribution in [2.45, 2.75) is 78.1 Å². The zero-order valence-corrected chi connectivity index (χ0v) is 21.7. The molecule has 1 N–H and O–H groups in total. The quantitative estimate of drug-likeness (QED) is 0.216. The number of hydrogen-bond donors (Lipinski definition) is 1. The van der Waals surface area contributed by atoms with Gasteiger partial charge < -0.3 is 9.84 Å². The van der Waals surface area contributed by atoms with E-state index in [-0.39, 0.29) is 11.4 Å². The summed E-state index contributed by atoms with van der Waals surface area (Å²) < 4.78 is 21.1. The Morgan fingerprint density at radius 3 is 2.11 bits per heavy atom. The predicted octanol–water partition coefficient (Wildman–Crippen LogP) is 9.33.